The second-order valence-electron chi connectivity index (χ2n) is 6.19. The fourth-order valence-corrected chi connectivity index (χ4v) is 4.05. The number of nitrogens with zero attached hydrogens (tertiary/aromatic N) is 6. The van der Waals surface area contributed by atoms with Crippen LogP contribution in [0.25, 0.3) is 32.3 Å². The number of thiazole rings is 1. The van der Waals surface area contributed by atoms with Gasteiger partial charge in [-0.3, -0.25) is 9.36 Å². The van der Waals surface area contributed by atoms with Gasteiger partial charge >= 0.3 is 0 Å². The minimum Gasteiger partial charge on any atom is -0.268 e. The number of aryl methyl sites for hydroxylation is 2. The lowest BCUT2D eigenvalue weighted by Gasteiger charge is -2.06. The SMILES string of the molecule is Cc1nc2nc(C)c3c(=O)n(-c4ncc(-c5ccccc5)s4)ccc3n2n1. The van der Waals surface area contributed by atoms with Crippen LogP contribution in [0.1, 0.15) is 11.5 Å². The van der Waals surface area contributed by atoms with Gasteiger partial charge in [0.1, 0.15) is 5.82 Å². The average molecular weight is 374 g/mol. The van der Waals surface area contributed by atoms with Crippen LogP contribution in [0.5, 0.6) is 0 Å². The molecule has 4 heterocycles. The van der Waals surface area contributed by atoms with E-state index in [4.69, 9.17) is 0 Å². The predicted octanol–water partition coefficient (Wildman–Crippen LogP) is 3.17. The zero-order valence-electron chi connectivity index (χ0n) is 14.6. The largest absolute Gasteiger partial charge is 0.268 e. The van der Waals surface area contributed by atoms with Crippen LogP contribution in [0.3, 0.4) is 0 Å². The van der Waals surface area contributed by atoms with Gasteiger partial charge in [-0.05, 0) is 25.5 Å². The van der Waals surface area contributed by atoms with Gasteiger partial charge < -0.3 is 0 Å². The third kappa shape index (κ3) is 2.45. The van der Waals surface area contributed by atoms with E-state index in [1.54, 1.807) is 28.4 Å². The number of aromatic nitrogens is 6. The van der Waals surface area contributed by atoms with Crippen LogP contribution in [-0.2, 0) is 0 Å². The van der Waals surface area contributed by atoms with Crippen LogP contribution in [0.2, 0.25) is 0 Å². The summed E-state index contributed by atoms with van der Waals surface area (Å²) in [5.41, 5.74) is 2.23. The van der Waals surface area contributed by atoms with Gasteiger partial charge in [0.05, 0.1) is 21.5 Å². The molecule has 132 valence electrons. The first-order valence-corrected chi connectivity index (χ1v) is 9.20. The molecule has 8 heteroatoms. The van der Waals surface area contributed by atoms with E-state index >= 15 is 0 Å². The average Bonchev–Trinajstić information content (AvgIpc) is 3.29. The van der Waals surface area contributed by atoms with Gasteiger partial charge in [-0.2, -0.15) is 9.50 Å². The van der Waals surface area contributed by atoms with E-state index < -0.39 is 0 Å². The van der Waals surface area contributed by atoms with Crippen molar-refractivity contribution in [3.63, 3.8) is 0 Å². The summed E-state index contributed by atoms with van der Waals surface area (Å²) in [6.45, 7) is 3.62. The predicted molar refractivity (Wildman–Crippen MR) is 104 cm³/mol. The van der Waals surface area contributed by atoms with Crippen LogP contribution in [0.15, 0.2) is 53.6 Å². The van der Waals surface area contributed by atoms with Crippen molar-refractivity contribution in [2.45, 2.75) is 13.8 Å². The van der Waals surface area contributed by atoms with Crippen molar-refractivity contribution >= 4 is 28.0 Å². The molecule has 0 spiro atoms. The number of pyridine rings is 1. The lowest BCUT2D eigenvalue weighted by molar-refractivity contribution is 0.929. The number of fused-ring (bicyclic) bond motifs is 3. The molecule has 4 aromatic heterocycles. The van der Waals surface area contributed by atoms with E-state index in [9.17, 15) is 4.79 Å². The van der Waals surface area contributed by atoms with Crippen LogP contribution in [0.4, 0.5) is 0 Å². The highest BCUT2D eigenvalue weighted by atomic mass is 32.1. The summed E-state index contributed by atoms with van der Waals surface area (Å²) >= 11 is 1.47. The molecule has 0 amide bonds. The Bertz CT molecular complexity index is 1370. The molecule has 1 aromatic carbocycles. The molecule has 5 rings (SSSR count). The maximum atomic E-state index is 13.2. The highest BCUT2D eigenvalue weighted by Crippen LogP contribution is 2.27. The van der Waals surface area contributed by atoms with Crippen molar-refractivity contribution in [3.05, 3.63) is 70.7 Å². The molecule has 0 N–H and O–H groups in total. The van der Waals surface area contributed by atoms with Crippen molar-refractivity contribution in [2.24, 2.45) is 0 Å². The normalized spacial score (nSPS) is 11.5. The van der Waals surface area contributed by atoms with E-state index in [1.165, 1.54) is 11.3 Å². The van der Waals surface area contributed by atoms with E-state index in [0.29, 0.717) is 33.3 Å². The summed E-state index contributed by atoms with van der Waals surface area (Å²) < 4.78 is 3.17. The molecule has 5 aromatic rings. The minimum absolute atomic E-state index is 0.165. The molecular formula is C19H14N6OS. The Kier molecular flexibility index (Phi) is 3.41. The Hall–Kier alpha value is -3.39. The Morgan fingerprint density at radius 1 is 1.04 bits per heavy atom. The summed E-state index contributed by atoms with van der Waals surface area (Å²) in [4.78, 5) is 27.4. The summed E-state index contributed by atoms with van der Waals surface area (Å²) in [6.07, 6.45) is 3.52. The van der Waals surface area contributed by atoms with Gasteiger partial charge in [0.25, 0.3) is 11.3 Å². The van der Waals surface area contributed by atoms with Gasteiger partial charge in [0.15, 0.2) is 5.13 Å². The van der Waals surface area contributed by atoms with Crippen LogP contribution in [0, 0.1) is 13.8 Å². The van der Waals surface area contributed by atoms with Crippen LogP contribution < -0.4 is 5.56 Å². The third-order valence-electron chi connectivity index (χ3n) is 4.38. The van der Waals surface area contributed by atoms with E-state index in [2.05, 4.69) is 20.1 Å². The fourth-order valence-electron chi connectivity index (χ4n) is 3.15. The first-order valence-electron chi connectivity index (χ1n) is 8.39. The maximum Gasteiger partial charge on any atom is 0.268 e. The summed E-state index contributed by atoms with van der Waals surface area (Å²) in [5, 5.41) is 5.49. The first kappa shape index (κ1) is 15.8. The van der Waals surface area contributed by atoms with Crippen molar-refractivity contribution in [3.8, 4) is 15.6 Å². The lowest BCUT2D eigenvalue weighted by Crippen LogP contribution is -2.20. The maximum absolute atomic E-state index is 13.2. The van der Waals surface area contributed by atoms with Gasteiger partial charge in [-0.15, -0.1) is 5.10 Å². The van der Waals surface area contributed by atoms with Gasteiger partial charge in [-0.25, -0.2) is 9.97 Å². The van der Waals surface area contributed by atoms with E-state index in [-0.39, 0.29) is 5.56 Å². The lowest BCUT2D eigenvalue weighted by atomic mass is 10.2. The Morgan fingerprint density at radius 2 is 1.85 bits per heavy atom. The van der Waals surface area contributed by atoms with Gasteiger partial charge in [-0.1, -0.05) is 41.7 Å². The second-order valence-corrected chi connectivity index (χ2v) is 7.20. The molecular weight excluding hydrogens is 360 g/mol. The Labute approximate surface area is 157 Å². The Balaban J connectivity index is 1.72. The molecule has 0 atom stereocenters. The molecule has 0 saturated carbocycles. The smallest absolute Gasteiger partial charge is 0.268 e. The summed E-state index contributed by atoms with van der Waals surface area (Å²) in [6, 6.07) is 11.9. The van der Waals surface area contributed by atoms with Crippen molar-refractivity contribution < 1.29 is 0 Å². The number of hydrogen-bond donors (Lipinski definition) is 0. The molecule has 27 heavy (non-hydrogen) atoms. The number of rotatable bonds is 2. The molecule has 0 bridgehead atoms. The topological polar surface area (TPSA) is 78.0 Å². The number of benzene rings is 1. The highest BCUT2D eigenvalue weighted by Gasteiger charge is 2.15. The van der Waals surface area contributed by atoms with Gasteiger partial charge in [0, 0.05) is 12.4 Å². The highest BCUT2D eigenvalue weighted by molar-refractivity contribution is 7.17. The van der Waals surface area contributed by atoms with Crippen molar-refractivity contribution in [2.75, 3.05) is 0 Å². The molecule has 0 radical (unpaired) electrons. The fraction of sp³-hybridized carbons (Fsp3) is 0.105. The standard InChI is InChI=1S/C19H14N6OS/c1-11-16-14(25-18(21-11)22-12(2)23-25)8-9-24(17(16)26)19-20-10-15(27-19)13-6-4-3-5-7-13/h3-10H,1-2H3. The minimum atomic E-state index is -0.165. The quantitative estimate of drug-likeness (QED) is 0.474. The number of hydrogen-bond acceptors (Lipinski definition) is 6. The zero-order chi connectivity index (χ0) is 18.5. The van der Waals surface area contributed by atoms with Crippen molar-refractivity contribution in [1.82, 2.24) is 29.1 Å². The molecule has 0 aliphatic carbocycles. The molecule has 0 aliphatic heterocycles. The van der Waals surface area contributed by atoms with Crippen LogP contribution in [-0.4, -0.2) is 29.1 Å². The monoisotopic (exact) mass is 374 g/mol. The molecule has 7 nitrogen and oxygen atoms in total. The van der Waals surface area contributed by atoms with E-state index in [0.717, 1.165) is 10.4 Å². The third-order valence-corrected chi connectivity index (χ3v) is 5.43. The van der Waals surface area contributed by atoms with E-state index in [1.807, 2.05) is 43.3 Å². The zero-order valence-corrected chi connectivity index (χ0v) is 15.4. The second kappa shape index (κ2) is 5.82. The van der Waals surface area contributed by atoms with Crippen molar-refractivity contribution in [1.29, 1.82) is 0 Å². The Morgan fingerprint density at radius 3 is 2.67 bits per heavy atom. The summed E-state index contributed by atoms with van der Waals surface area (Å²) in [5.74, 6) is 1.11. The first-order chi connectivity index (χ1) is 13.1. The van der Waals surface area contributed by atoms with Crippen LogP contribution >= 0.6 is 11.3 Å². The molecule has 0 aliphatic rings. The summed E-state index contributed by atoms with van der Waals surface area (Å²) in [7, 11) is 0. The molecule has 0 fully saturated rings. The molecule has 0 unspecified atom stereocenters. The molecule has 0 saturated heterocycles. The van der Waals surface area contributed by atoms with Gasteiger partial charge in [0.2, 0.25) is 0 Å².